The van der Waals surface area contributed by atoms with Crippen molar-refractivity contribution in [2.75, 3.05) is 0 Å². The lowest BCUT2D eigenvalue weighted by atomic mass is 10.1. The van der Waals surface area contributed by atoms with Crippen molar-refractivity contribution in [1.29, 1.82) is 0 Å². The molecular weight excluding hydrogens is 263 g/mol. The van der Waals surface area contributed by atoms with Gasteiger partial charge >= 0.3 is 5.69 Å². The highest BCUT2D eigenvalue weighted by Gasteiger charge is 2.15. The Morgan fingerprint density at radius 1 is 1.30 bits per heavy atom. The van der Waals surface area contributed by atoms with Crippen LogP contribution in [0.5, 0.6) is 11.5 Å². The summed E-state index contributed by atoms with van der Waals surface area (Å²) in [5.41, 5.74) is 6.00. The molecule has 0 aliphatic carbocycles. The highest BCUT2D eigenvalue weighted by atomic mass is 19.1. The topological polar surface area (TPSA) is 78.4 Å². The van der Waals surface area contributed by atoms with Crippen molar-refractivity contribution in [2.24, 2.45) is 5.73 Å². The zero-order chi connectivity index (χ0) is 14.7. The zero-order valence-corrected chi connectivity index (χ0v) is 10.7. The Kier molecular flexibility index (Phi) is 3.95. The first-order valence-corrected chi connectivity index (χ1v) is 5.95. The summed E-state index contributed by atoms with van der Waals surface area (Å²) < 4.78 is 19.1. The van der Waals surface area contributed by atoms with Crippen LogP contribution < -0.4 is 10.5 Å². The monoisotopic (exact) mass is 276 g/mol. The molecule has 0 amide bonds. The number of nitrogens with two attached hydrogens (primary N) is 1. The summed E-state index contributed by atoms with van der Waals surface area (Å²) in [6.45, 7) is 1.80. The lowest BCUT2D eigenvalue weighted by molar-refractivity contribution is -0.387. The minimum Gasteiger partial charge on any atom is -0.457 e. The van der Waals surface area contributed by atoms with Crippen LogP contribution in [0.25, 0.3) is 0 Å². The van der Waals surface area contributed by atoms with Gasteiger partial charge in [0.1, 0.15) is 11.5 Å². The second-order valence-electron chi connectivity index (χ2n) is 4.30. The Morgan fingerprint density at radius 2 is 2.00 bits per heavy atom. The van der Waals surface area contributed by atoms with Gasteiger partial charge < -0.3 is 10.5 Å². The summed E-state index contributed by atoms with van der Waals surface area (Å²) in [5.74, 6) is -0.261. The van der Waals surface area contributed by atoms with E-state index >= 15 is 0 Å². The van der Waals surface area contributed by atoms with Crippen molar-refractivity contribution in [3.8, 4) is 11.5 Å². The average Bonchev–Trinajstić information content (AvgIpc) is 2.38. The maximum absolute atomic E-state index is 13.5. The largest absolute Gasteiger partial charge is 0.457 e. The Morgan fingerprint density at radius 3 is 2.60 bits per heavy atom. The summed E-state index contributed by atoms with van der Waals surface area (Å²) in [6.07, 6.45) is 0. The van der Waals surface area contributed by atoms with Crippen LogP contribution in [0.2, 0.25) is 0 Å². The Bertz CT molecular complexity index is 644. The molecule has 2 aromatic rings. The fraction of sp³-hybridized carbons (Fsp3) is 0.143. The number of hydrogen-bond donors (Lipinski definition) is 1. The van der Waals surface area contributed by atoms with E-state index in [1.54, 1.807) is 19.1 Å². The van der Waals surface area contributed by atoms with Gasteiger partial charge in [0, 0.05) is 23.7 Å². The molecule has 0 bridgehead atoms. The van der Waals surface area contributed by atoms with E-state index in [1.807, 2.05) is 12.1 Å². The van der Waals surface area contributed by atoms with Crippen LogP contribution in [0, 0.1) is 15.9 Å². The smallest absolute Gasteiger partial charge is 0.305 e. The number of nitro benzene ring substituents is 1. The minimum atomic E-state index is -0.939. The lowest BCUT2D eigenvalue weighted by Gasteiger charge is -2.13. The molecule has 0 radical (unpaired) electrons. The van der Waals surface area contributed by atoms with Gasteiger partial charge in [-0.2, -0.15) is 4.39 Å². The van der Waals surface area contributed by atoms with Crippen molar-refractivity contribution >= 4 is 5.69 Å². The summed E-state index contributed by atoms with van der Waals surface area (Å²) in [5, 5.41) is 10.5. The molecule has 0 heterocycles. The predicted molar refractivity (Wildman–Crippen MR) is 72.2 cm³/mol. The van der Waals surface area contributed by atoms with E-state index in [1.165, 1.54) is 6.07 Å². The van der Waals surface area contributed by atoms with Crippen molar-refractivity contribution in [2.45, 2.75) is 13.0 Å². The van der Waals surface area contributed by atoms with Crippen LogP contribution in [0.4, 0.5) is 10.1 Å². The predicted octanol–water partition coefficient (Wildman–Crippen LogP) is 3.55. The minimum absolute atomic E-state index is 0.182. The molecule has 1 unspecified atom stereocenters. The maximum Gasteiger partial charge on any atom is 0.305 e. The number of rotatable bonds is 4. The second-order valence-corrected chi connectivity index (χ2v) is 4.30. The fourth-order valence-corrected chi connectivity index (χ4v) is 1.78. The van der Waals surface area contributed by atoms with Crippen LogP contribution in [-0.2, 0) is 0 Å². The van der Waals surface area contributed by atoms with Gasteiger partial charge in [-0.3, -0.25) is 10.1 Å². The number of para-hydroxylation sites is 1. The Hall–Kier alpha value is -2.47. The van der Waals surface area contributed by atoms with Gasteiger partial charge in [-0.1, -0.05) is 18.2 Å². The van der Waals surface area contributed by atoms with Gasteiger partial charge in [-0.05, 0) is 19.1 Å². The van der Waals surface area contributed by atoms with E-state index < -0.39 is 16.4 Å². The first kappa shape index (κ1) is 14.0. The van der Waals surface area contributed by atoms with Crippen molar-refractivity contribution in [3.63, 3.8) is 0 Å². The molecule has 2 aromatic carbocycles. The quantitative estimate of drug-likeness (QED) is 0.684. The van der Waals surface area contributed by atoms with Gasteiger partial charge in [-0.15, -0.1) is 0 Å². The van der Waals surface area contributed by atoms with Crippen LogP contribution in [0.15, 0.2) is 42.5 Å². The molecule has 0 saturated carbocycles. The van der Waals surface area contributed by atoms with Crippen LogP contribution in [-0.4, -0.2) is 4.92 Å². The van der Waals surface area contributed by atoms with Gasteiger partial charge in [0.05, 0.1) is 4.92 Å². The fourth-order valence-electron chi connectivity index (χ4n) is 1.78. The molecule has 0 aliphatic rings. The van der Waals surface area contributed by atoms with Crippen molar-refractivity contribution < 1.29 is 14.1 Å². The molecule has 6 heteroatoms. The van der Waals surface area contributed by atoms with E-state index in [2.05, 4.69) is 0 Å². The highest BCUT2D eigenvalue weighted by Crippen LogP contribution is 2.30. The summed E-state index contributed by atoms with van der Waals surface area (Å²) in [6, 6.07) is 10.3. The first-order chi connectivity index (χ1) is 9.49. The van der Waals surface area contributed by atoms with E-state index in [9.17, 15) is 14.5 Å². The molecule has 2 rings (SSSR count). The molecule has 0 saturated heterocycles. The van der Waals surface area contributed by atoms with E-state index in [0.717, 1.165) is 17.7 Å². The van der Waals surface area contributed by atoms with E-state index in [0.29, 0.717) is 5.75 Å². The Balaban J connectivity index is 2.31. The molecular formula is C14H13FN2O3. The van der Waals surface area contributed by atoms with Crippen molar-refractivity contribution in [3.05, 3.63) is 64.0 Å². The van der Waals surface area contributed by atoms with Gasteiger partial charge in [0.25, 0.3) is 0 Å². The van der Waals surface area contributed by atoms with Gasteiger partial charge in [0.15, 0.2) is 0 Å². The number of halogens is 1. The molecule has 0 aliphatic heterocycles. The van der Waals surface area contributed by atoms with Crippen LogP contribution >= 0.6 is 0 Å². The lowest BCUT2D eigenvalue weighted by Crippen LogP contribution is -2.06. The third kappa shape index (κ3) is 2.92. The maximum atomic E-state index is 13.5. The van der Waals surface area contributed by atoms with E-state index in [-0.39, 0.29) is 11.8 Å². The molecule has 0 spiro atoms. The van der Waals surface area contributed by atoms with Gasteiger partial charge in [0.2, 0.25) is 5.82 Å². The third-order valence-electron chi connectivity index (χ3n) is 2.75. The Labute approximate surface area is 114 Å². The van der Waals surface area contributed by atoms with Crippen LogP contribution in [0.1, 0.15) is 18.5 Å². The number of nitro groups is 1. The summed E-state index contributed by atoms with van der Waals surface area (Å²) >= 11 is 0. The van der Waals surface area contributed by atoms with Gasteiger partial charge in [-0.25, -0.2) is 0 Å². The zero-order valence-electron chi connectivity index (χ0n) is 10.7. The molecule has 104 valence electrons. The third-order valence-corrected chi connectivity index (χ3v) is 2.75. The highest BCUT2D eigenvalue weighted by molar-refractivity contribution is 5.43. The number of benzene rings is 2. The SMILES string of the molecule is CC(N)c1ccccc1Oc1ccc([N+](=O)[O-])c(F)c1. The summed E-state index contributed by atoms with van der Waals surface area (Å²) in [4.78, 5) is 9.76. The molecule has 20 heavy (non-hydrogen) atoms. The molecule has 0 fully saturated rings. The molecule has 2 N–H and O–H groups in total. The molecule has 1 atom stereocenters. The molecule has 0 aromatic heterocycles. The molecule has 5 nitrogen and oxygen atoms in total. The standard InChI is InChI=1S/C14H13FN2O3/c1-9(16)11-4-2-3-5-14(11)20-10-6-7-13(17(18)19)12(15)8-10/h2-9H,16H2,1H3. The van der Waals surface area contributed by atoms with E-state index in [4.69, 9.17) is 10.5 Å². The van der Waals surface area contributed by atoms with Crippen LogP contribution in [0.3, 0.4) is 0 Å². The average molecular weight is 276 g/mol. The first-order valence-electron chi connectivity index (χ1n) is 5.95. The second kappa shape index (κ2) is 5.66. The van der Waals surface area contributed by atoms with Crippen molar-refractivity contribution in [1.82, 2.24) is 0 Å². The number of hydrogen-bond acceptors (Lipinski definition) is 4. The number of nitrogens with zero attached hydrogens (tertiary/aromatic N) is 1. The normalized spacial score (nSPS) is 11.9. The number of ether oxygens (including phenoxy) is 1. The summed E-state index contributed by atoms with van der Waals surface area (Å²) in [7, 11) is 0.